The van der Waals surface area contributed by atoms with Crippen molar-refractivity contribution in [2.45, 2.75) is 19.3 Å². The van der Waals surface area contributed by atoms with Gasteiger partial charge in [0.1, 0.15) is 5.82 Å². The zero-order chi connectivity index (χ0) is 17.9. The Labute approximate surface area is 155 Å². The number of nitrogens with one attached hydrogen (secondary N) is 1. The number of para-hydroxylation sites is 1. The van der Waals surface area contributed by atoms with Crippen molar-refractivity contribution in [3.05, 3.63) is 53.7 Å². The lowest BCUT2D eigenvalue weighted by Gasteiger charge is -2.35. The molecule has 0 atom stereocenters. The molecule has 1 aromatic heterocycles. The van der Waals surface area contributed by atoms with Crippen LogP contribution in [0.1, 0.15) is 28.8 Å². The normalized spacial score (nSPS) is 17.3. The Bertz CT molecular complexity index is 783. The van der Waals surface area contributed by atoms with E-state index in [1.807, 2.05) is 12.1 Å². The first-order valence-corrected chi connectivity index (χ1v) is 9.51. The molecule has 2 aliphatic heterocycles. The van der Waals surface area contributed by atoms with E-state index in [4.69, 9.17) is 0 Å². The molecule has 1 amide bonds. The van der Waals surface area contributed by atoms with Crippen molar-refractivity contribution in [2.75, 3.05) is 43.0 Å². The third-order valence-corrected chi connectivity index (χ3v) is 5.63. The highest BCUT2D eigenvalue weighted by molar-refractivity contribution is 5.98. The second-order valence-electron chi connectivity index (χ2n) is 7.21. The second-order valence-corrected chi connectivity index (χ2v) is 7.21. The van der Waals surface area contributed by atoms with Crippen LogP contribution in [0.25, 0.3) is 0 Å². The van der Waals surface area contributed by atoms with E-state index in [1.54, 1.807) is 13.2 Å². The molecule has 0 aliphatic carbocycles. The number of amides is 1. The molecular formula is C21H26N4O. The van der Waals surface area contributed by atoms with Crippen molar-refractivity contribution in [1.29, 1.82) is 0 Å². The topological polar surface area (TPSA) is 48.5 Å². The zero-order valence-corrected chi connectivity index (χ0v) is 15.3. The number of aromatic nitrogens is 1. The summed E-state index contributed by atoms with van der Waals surface area (Å²) in [7, 11) is 1.67. The Morgan fingerprint density at radius 2 is 1.96 bits per heavy atom. The van der Waals surface area contributed by atoms with E-state index < -0.39 is 0 Å². The fourth-order valence-electron chi connectivity index (χ4n) is 4.20. The Morgan fingerprint density at radius 1 is 1.15 bits per heavy atom. The molecule has 0 spiro atoms. The van der Waals surface area contributed by atoms with Gasteiger partial charge in [-0.3, -0.25) is 4.79 Å². The van der Waals surface area contributed by atoms with Crippen molar-refractivity contribution >= 4 is 17.4 Å². The van der Waals surface area contributed by atoms with Gasteiger partial charge in [0.05, 0.1) is 5.56 Å². The summed E-state index contributed by atoms with van der Waals surface area (Å²) in [5, 5.41) is 2.71. The largest absolute Gasteiger partial charge is 0.371 e. The highest BCUT2D eigenvalue weighted by Gasteiger charge is 2.27. The smallest absolute Gasteiger partial charge is 0.254 e. The number of anilines is 2. The van der Waals surface area contributed by atoms with Gasteiger partial charge in [-0.25, -0.2) is 4.98 Å². The monoisotopic (exact) mass is 350 g/mol. The lowest BCUT2D eigenvalue weighted by Crippen LogP contribution is -2.39. The number of benzene rings is 1. The second kappa shape index (κ2) is 7.36. The van der Waals surface area contributed by atoms with Crippen LogP contribution in [0, 0.1) is 5.92 Å². The summed E-state index contributed by atoms with van der Waals surface area (Å²) < 4.78 is 0. The van der Waals surface area contributed by atoms with Gasteiger partial charge in [0, 0.05) is 45.1 Å². The molecule has 1 aromatic carbocycles. The Hall–Kier alpha value is -2.56. The molecule has 0 radical (unpaired) electrons. The van der Waals surface area contributed by atoms with Crippen molar-refractivity contribution in [3.8, 4) is 0 Å². The molecule has 5 nitrogen and oxygen atoms in total. The van der Waals surface area contributed by atoms with E-state index in [1.165, 1.54) is 17.7 Å². The van der Waals surface area contributed by atoms with Gasteiger partial charge >= 0.3 is 0 Å². The molecule has 4 rings (SSSR count). The molecular weight excluding hydrogens is 324 g/mol. The van der Waals surface area contributed by atoms with Crippen LogP contribution in [0.3, 0.4) is 0 Å². The molecule has 3 heterocycles. The molecule has 2 aliphatic rings. The fourth-order valence-corrected chi connectivity index (χ4v) is 4.20. The summed E-state index contributed by atoms with van der Waals surface area (Å²) in [6, 6.07) is 12.5. The number of carbonyl (C=O) groups is 1. The Kier molecular flexibility index (Phi) is 4.78. The van der Waals surface area contributed by atoms with E-state index in [9.17, 15) is 4.79 Å². The number of pyridine rings is 1. The van der Waals surface area contributed by atoms with Gasteiger partial charge in [0.15, 0.2) is 0 Å². The summed E-state index contributed by atoms with van der Waals surface area (Å²) >= 11 is 0. The van der Waals surface area contributed by atoms with Gasteiger partial charge in [-0.1, -0.05) is 18.2 Å². The highest BCUT2D eigenvalue weighted by atomic mass is 16.1. The Morgan fingerprint density at radius 3 is 2.77 bits per heavy atom. The van der Waals surface area contributed by atoms with Crippen LogP contribution >= 0.6 is 0 Å². The van der Waals surface area contributed by atoms with Gasteiger partial charge in [0.25, 0.3) is 5.91 Å². The predicted octanol–water partition coefficient (Wildman–Crippen LogP) is 2.72. The molecule has 136 valence electrons. The predicted molar refractivity (Wildman–Crippen MR) is 105 cm³/mol. The third-order valence-electron chi connectivity index (χ3n) is 5.63. The van der Waals surface area contributed by atoms with Crippen LogP contribution in [0.15, 0.2) is 42.6 Å². The average Bonchev–Trinajstić information content (AvgIpc) is 3.11. The van der Waals surface area contributed by atoms with E-state index >= 15 is 0 Å². The third kappa shape index (κ3) is 3.26. The van der Waals surface area contributed by atoms with Crippen molar-refractivity contribution in [3.63, 3.8) is 0 Å². The molecule has 1 N–H and O–H groups in total. The molecule has 1 saturated heterocycles. The minimum absolute atomic E-state index is 0.0658. The van der Waals surface area contributed by atoms with E-state index in [2.05, 4.69) is 44.4 Å². The number of hydrogen-bond acceptors (Lipinski definition) is 4. The van der Waals surface area contributed by atoms with Crippen molar-refractivity contribution < 1.29 is 4.79 Å². The minimum atomic E-state index is -0.0658. The summed E-state index contributed by atoms with van der Waals surface area (Å²) in [6.07, 6.45) is 5.22. The van der Waals surface area contributed by atoms with Gasteiger partial charge in [-0.05, 0) is 48.9 Å². The van der Waals surface area contributed by atoms with Crippen molar-refractivity contribution in [1.82, 2.24) is 10.3 Å². The maximum absolute atomic E-state index is 12.1. The van der Waals surface area contributed by atoms with Crippen LogP contribution in [0.4, 0.5) is 11.5 Å². The Balaban J connectivity index is 1.39. The number of nitrogens with zero attached hydrogens (tertiary/aromatic N) is 3. The molecule has 1 fully saturated rings. The van der Waals surface area contributed by atoms with Gasteiger partial charge < -0.3 is 15.1 Å². The highest BCUT2D eigenvalue weighted by Crippen LogP contribution is 2.31. The summed E-state index contributed by atoms with van der Waals surface area (Å²) in [4.78, 5) is 21.4. The molecule has 2 aromatic rings. The zero-order valence-electron chi connectivity index (χ0n) is 15.3. The molecule has 26 heavy (non-hydrogen) atoms. The molecule has 0 unspecified atom stereocenters. The lowest BCUT2D eigenvalue weighted by atomic mass is 9.95. The standard InChI is InChI=1S/C21H26N4O/c1-22-21(26)18-6-4-11-23-20(18)24-12-8-16(9-13-24)15-25-14-10-17-5-2-3-7-19(17)25/h2-7,11,16H,8-10,12-15H2,1H3,(H,22,26). The van der Waals surface area contributed by atoms with Crippen LogP contribution in [0.2, 0.25) is 0 Å². The number of hydrogen-bond donors (Lipinski definition) is 1. The first-order chi connectivity index (χ1) is 12.8. The maximum atomic E-state index is 12.1. The summed E-state index contributed by atoms with van der Waals surface area (Å²) in [6.45, 7) is 4.19. The van der Waals surface area contributed by atoms with Crippen molar-refractivity contribution in [2.24, 2.45) is 5.92 Å². The summed E-state index contributed by atoms with van der Waals surface area (Å²) in [5.41, 5.74) is 3.57. The minimum Gasteiger partial charge on any atom is -0.371 e. The summed E-state index contributed by atoms with van der Waals surface area (Å²) in [5.74, 6) is 1.45. The molecule has 0 bridgehead atoms. The van der Waals surface area contributed by atoms with E-state index in [-0.39, 0.29) is 5.91 Å². The maximum Gasteiger partial charge on any atom is 0.254 e. The lowest BCUT2D eigenvalue weighted by molar-refractivity contribution is 0.0963. The SMILES string of the molecule is CNC(=O)c1cccnc1N1CCC(CN2CCc3ccccc32)CC1. The number of fused-ring (bicyclic) bond motifs is 1. The van der Waals surface area contributed by atoms with Gasteiger partial charge in [-0.2, -0.15) is 0 Å². The molecule has 0 saturated carbocycles. The quantitative estimate of drug-likeness (QED) is 0.921. The number of carbonyl (C=O) groups excluding carboxylic acids is 1. The van der Waals surface area contributed by atoms with Crippen LogP contribution in [-0.4, -0.2) is 44.1 Å². The molecule has 5 heteroatoms. The van der Waals surface area contributed by atoms with Crippen LogP contribution in [0.5, 0.6) is 0 Å². The van der Waals surface area contributed by atoms with Crippen LogP contribution < -0.4 is 15.1 Å². The van der Waals surface area contributed by atoms with Crippen LogP contribution in [-0.2, 0) is 6.42 Å². The number of piperidine rings is 1. The average molecular weight is 350 g/mol. The van der Waals surface area contributed by atoms with E-state index in [0.29, 0.717) is 11.5 Å². The first kappa shape index (κ1) is 16.9. The van der Waals surface area contributed by atoms with Gasteiger partial charge in [0.2, 0.25) is 0 Å². The van der Waals surface area contributed by atoms with Gasteiger partial charge in [-0.15, -0.1) is 0 Å². The van der Waals surface area contributed by atoms with E-state index in [0.717, 1.165) is 44.8 Å². The fraction of sp³-hybridized carbons (Fsp3) is 0.429. The first-order valence-electron chi connectivity index (χ1n) is 9.51. The number of rotatable bonds is 4.